The summed E-state index contributed by atoms with van der Waals surface area (Å²) in [6, 6.07) is 13.1. The van der Waals surface area contributed by atoms with Crippen molar-refractivity contribution in [1.82, 2.24) is 5.32 Å². The van der Waals surface area contributed by atoms with Crippen molar-refractivity contribution in [2.45, 2.75) is 19.5 Å². The van der Waals surface area contributed by atoms with E-state index in [0.29, 0.717) is 6.54 Å². The first-order valence-electron chi connectivity index (χ1n) is 5.99. The second-order valence-corrected chi connectivity index (χ2v) is 6.07. The van der Waals surface area contributed by atoms with E-state index in [9.17, 15) is 4.39 Å². The highest BCUT2D eigenvalue weighted by Crippen LogP contribution is 2.24. The summed E-state index contributed by atoms with van der Waals surface area (Å²) in [4.78, 5) is 0. The van der Waals surface area contributed by atoms with Gasteiger partial charge in [0, 0.05) is 21.5 Å². The molecule has 100 valence electrons. The van der Waals surface area contributed by atoms with Gasteiger partial charge in [0.15, 0.2) is 0 Å². The van der Waals surface area contributed by atoms with E-state index in [-0.39, 0.29) is 11.9 Å². The number of halogens is 3. The third-order valence-corrected chi connectivity index (χ3v) is 4.45. The van der Waals surface area contributed by atoms with Crippen molar-refractivity contribution in [1.29, 1.82) is 0 Å². The molecule has 0 aliphatic heterocycles. The maximum Gasteiger partial charge on any atom is 0.124 e. The second-order valence-electron chi connectivity index (χ2n) is 4.36. The van der Waals surface area contributed by atoms with Crippen molar-refractivity contribution in [2.24, 2.45) is 0 Å². The standard InChI is InChI=1S/C15H14Br2FN/c1-10(13-4-2-3-5-14(13)16)19-9-11-6-7-12(18)8-15(11)17/h2-8,10,19H,9H2,1H3/t10-/m0/s1. The van der Waals surface area contributed by atoms with Gasteiger partial charge in [-0.25, -0.2) is 4.39 Å². The molecular weight excluding hydrogens is 373 g/mol. The predicted molar refractivity (Wildman–Crippen MR) is 83.5 cm³/mol. The zero-order valence-electron chi connectivity index (χ0n) is 10.5. The molecule has 0 aliphatic rings. The average molecular weight is 387 g/mol. The minimum Gasteiger partial charge on any atom is -0.306 e. The van der Waals surface area contributed by atoms with Crippen LogP contribution in [0.2, 0.25) is 0 Å². The summed E-state index contributed by atoms with van der Waals surface area (Å²) < 4.78 is 14.9. The molecule has 1 N–H and O–H groups in total. The Bertz CT molecular complexity index is 572. The third-order valence-electron chi connectivity index (χ3n) is 2.99. The summed E-state index contributed by atoms with van der Waals surface area (Å²) in [5, 5.41) is 3.43. The third kappa shape index (κ3) is 3.88. The van der Waals surface area contributed by atoms with Crippen molar-refractivity contribution in [3.63, 3.8) is 0 Å². The zero-order chi connectivity index (χ0) is 13.8. The van der Waals surface area contributed by atoms with Gasteiger partial charge in [-0.1, -0.05) is 56.1 Å². The fourth-order valence-corrected chi connectivity index (χ4v) is 2.98. The quantitative estimate of drug-likeness (QED) is 0.761. The van der Waals surface area contributed by atoms with E-state index < -0.39 is 0 Å². The number of benzene rings is 2. The van der Waals surface area contributed by atoms with Gasteiger partial charge in [-0.2, -0.15) is 0 Å². The molecule has 0 aliphatic carbocycles. The van der Waals surface area contributed by atoms with Gasteiger partial charge in [-0.3, -0.25) is 0 Å². The number of nitrogens with one attached hydrogen (secondary N) is 1. The summed E-state index contributed by atoms with van der Waals surface area (Å²) in [5.74, 6) is -0.227. The highest BCUT2D eigenvalue weighted by atomic mass is 79.9. The first-order chi connectivity index (χ1) is 9.08. The fourth-order valence-electron chi connectivity index (χ4n) is 1.86. The first kappa shape index (κ1) is 14.7. The highest BCUT2D eigenvalue weighted by molar-refractivity contribution is 9.10. The van der Waals surface area contributed by atoms with Crippen LogP contribution in [-0.4, -0.2) is 0 Å². The molecule has 0 bridgehead atoms. The summed E-state index contributed by atoms with van der Waals surface area (Å²) in [6.07, 6.45) is 0. The van der Waals surface area contributed by atoms with Gasteiger partial charge < -0.3 is 5.32 Å². The van der Waals surface area contributed by atoms with Crippen LogP contribution < -0.4 is 5.32 Å². The van der Waals surface area contributed by atoms with Gasteiger partial charge in [0.1, 0.15) is 5.82 Å². The fraction of sp³-hybridized carbons (Fsp3) is 0.200. The maximum absolute atomic E-state index is 13.0. The Balaban J connectivity index is 2.04. The Kier molecular flexibility index (Phi) is 5.13. The monoisotopic (exact) mass is 385 g/mol. The van der Waals surface area contributed by atoms with Gasteiger partial charge in [0.05, 0.1) is 0 Å². The molecule has 0 saturated carbocycles. The second kappa shape index (κ2) is 6.64. The Morgan fingerprint density at radius 3 is 2.53 bits per heavy atom. The van der Waals surface area contributed by atoms with Crippen LogP contribution in [0.1, 0.15) is 24.1 Å². The van der Waals surface area contributed by atoms with Crippen molar-refractivity contribution < 1.29 is 4.39 Å². The molecule has 2 rings (SSSR count). The van der Waals surface area contributed by atoms with E-state index in [1.165, 1.54) is 17.7 Å². The summed E-state index contributed by atoms with van der Waals surface area (Å²) >= 11 is 6.93. The Labute approximate surface area is 129 Å². The van der Waals surface area contributed by atoms with E-state index in [2.05, 4.69) is 50.2 Å². The molecule has 0 aromatic heterocycles. The molecule has 4 heteroatoms. The van der Waals surface area contributed by atoms with Crippen LogP contribution in [0.5, 0.6) is 0 Å². The van der Waals surface area contributed by atoms with Crippen LogP contribution in [0, 0.1) is 5.82 Å². The number of rotatable bonds is 4. The maximum atomic E-state index is 13.0. The van der Waals surface area contributed by atoms with E-state index in [1.54, 1.807) is 6.07 Å². The Hall–Kier alpha value is -0.710. The molecule has 0 heterocycles. The first-order valence-corrected chi connectivity index (χ1v) is 7.58. The minimum absolute atomic E-state index is 0.215. The molecule has 2 aromatic carbocycles. The van der Waals surface area contributed by atoms with Crippen LogP contribution in [0.15, 0.2) is 51.4 Å². The molecule has 19 heavy (non-hydrogen) atoms. The molecular formula is C15H14Br2FN. The molecule has 0 radical (unpaired) electrons. The topological polar surface area (TPSA) is 12.0 Å². The van der Waals surface area contributed by atoms with Crippen LogP contribution in [-0.2, 0) is 6.54 Å². The van der Waals surface area contributed by atoms with Crippen molar-refractivity contribution in [3.8, 4) is 0 Å². The molecule has 2 aromatic rings. The Morgan fingerprint density at radius 1 is 1.11 bits per heavy atom. The average Bonchev–Trinajstić information content (AvgIpc) is 2.38. The van der Waals surface area contributed by atoms with Crippen LogP contribution in [0.4, 0.5) is 4.39 Å². The minimum atomic E-state index is -0.227. The van der Waals surface area contributed by atoms with Crippen molar-refractivity contribution in [3.05, 3.63) is 68.4 Å². The molecule has 1 nitrogen and oxygen atoms in total. The van der Waals surface area contributed by atoms with Crippen LogP contribution >= 0.6 is 31.9 Å². The van der Waals surface area contributed by atoms with E-state index in [1.807, 2.05) is 18.2 Å². The van der Waals surface area contributed by atoms with Gasteiger partial charge in [-0.05, 0) is 36.2 Å². The molecule has 0 fully saturated rings. The van der Waals surface area contributed by atoms with E-state index in [0.717, 1.165) is 14.5 Å². The Morgan fingerprint density at radius 2 is 1.84 bits per heavy atom. The van der Waals surface area contributed by atoms with Gasteiger partial charge >= 0.3 is 0 Å². The van der Waals surface area contributed by atoms with E-state index in [4.69, 9.17) is 0 Å². The SMILES string of the molecule is C[C@H](NCc1ccc(F)cc1Br)c1ccccc1Br. The van der Waals surface area contributed by atoms with Gasteiger partial charge in [-0.15, -0.1) is 0 Å². The molecule has 1 atom stereocenters. The lowest BCUT2D eigenvalue weighted by atomic mass is 10.1. The summed E-state index contributed by atoms with van der Waals surface area (Å²) in [6.45, 7) is 2.79. The molecule has 0 amide bonds. The molecule has 0 spiro atoms. The highest BCUT2D eigenvalue weighted by Gasteiger charge is 2.09. The smallest absolute Gasteiger partial charge is 0.124 e. The normalized spacial score (nSPS) is 12.4. The zero-order valence-corrected chi connectivity index (χ0v) is 13.6. The lowest BCUT2D eigenvalue weighted by Gasteiger charge is -2.16. The summed E-state index contributed by atoms with van der Waals surface area (Å²) in [7, 11) is 0. The molecule has 0 unspecified atom stereocenters. The van der Waals surface area contributed by atoms with Crippen LogP contribution in [0.25, 0.3) is 0 Å². The summed E-state index contributed by atoms with van der Waals surface area (Å²) in [5.41, 5.74) is 2.25. The lowest BCUT2D eigenvalue weighted by molar-refractivity contribution is 0.570. The number of hydrogen-bond acceptors (Lipinski definition) is 1. The largest absolute Gasteiger partial charge is 0.306 e. The van der Waals surface area contributed by atoms with Crippen LogP contribution in [0.3, 0.4) is 0 Å². The van der Waals surface area contributed by atoms with Gasteiger partial charge in [0.2, 0.25) is 0 Å². The molecule has 0 saturated heterocycles. The van der Waals surface area contributed by atoms with E-state index >= 15 is 0 Å². The van der Waals surface area contributed by atoms with Crippen molar-refractivity contribution >= 4 is 31.9 Å². The lowest BCUT2D eigenvalue weighted by Crippen LogP contribution is -2.18. The number of hydrogen-bond donors (Lipinski definition) is 1. The predicted octanol–water partition coefficient (Wildman–Crippen LogP) is 5.20. The van der Waals surface area contributed by atoms with Crippen molar-refractivity contribution in [2.75, 3.05) is 0 Å². The van der Waals surface area contributed by atoms with Gasteiger partial charge in [0.25, 0.3) is 0 Å².